The predicted molar refractivity (Wildman–Crippen MR) is 113 cm³/mol. The van der Waals surface area contributed by atoms with E-state index >= 15 is 0 Å². The molecule has 0 saturated carbocycles. The molecule has 0 unspecified atom stereocenters. The Balaban J connectivity index is 1.40. The van der Waals surface area contributed by atoms with Gasteiger partial charge in [0, 0.05) is 36.4 Å². The molecule has 0 aliphatic carbocycles. The van der Waals surface area contributed by atoms with Crippen LogP contribution in [0.3, 0.4) is 0 Å². The lowest BCUT2D eigenvalue weighted by atomic mass is 10.2. The number of carbonyl (C=O) groups excluding carboxylic acids is 1. The van der Waals surface area contributed by atoms with Gasteiger partial charge in [-0.05, 0) is 36.2 Å². The van der Waals surface area contributed by atoms with Crippen molar-refractivity contribution < 1.29 is 22.7 Å². The van der Waals surface area contributed by atoms with Crippen molar-refractivity contribution in [3.05, 3.63) is 53.1 Å². The van der Waals surface area contributed by atoms with Gasteiger partial charge in [-0.1, -0.05) is 23.7 Å². The van der Waals surface area contributed by atoms with Crippen LogP contribution < -0.4 is 14.8 Å². The van der Waals surface area contributed by atoms with Crippen LogP contribution in [0.5, 0.6) is 11.5 Å². The van der Waals surface area contributed by atoms with Gasteiger partial charge < -0.3 is 14.8 Å². The lowest BCUT2D eigenvalue weighted by Gasteiger charge is -2.34. The van der Waals surface area contributed by atoms with Gasteiger partial charge >= 0.3 is 0 Å². The van der Waals surface area contributed by atoms with E-state index in [-0.39, 0.29) is 13.1 Å². The molecular weight excluding hydrogens is 430 g/mol. The SMILES string of the molecule is O=C(CN1CCCN(Cc2ccc(Cl)cc2)S1(=O)=O)Nc1ccc2c(c1)OCCO2. The Bertz CT molecular complexity index is 1030. The molecule has 30 heavy (non-hydrogen) atoms. The van der Waals surface area contributed by atoms with Gasteiger partial charge in [0.2, 0.25) is 5.91 Å². The van der Waals surface area contributed by atoms with E-state index in [1.165, 1.54) is 8.61 Å². The molecule has 1 saturated heterocycles. The number of ether oxygens (including phenoxy) is 2. The summed E-state index contributed by atoms with van der Waals surface area (Å²) in [6.07, 6.45) is 0.643. The largest absolute Gasteiger partial charge is 0.486 e. The Hall–Kier alpha value is -2.33. The van der Waals surface area contributed by atoms with Gasteiger partial charge in [-0.15, -0.1) is 0 Å². The number of amides is 1. The Labute approximate surface area is 180 Å². The first kappa shape index (κ1) is 20.9. The van der Waals surface area contributed by atoms with E-state index in [0.29, 0.717) is 54.9 Å². The highest BCUT2D eigenvalue weighted by Crippen LogP contribution is 2.32. The van der Waals surface area contributed by atoms with E-state index < -0.39 is 16.1 Å². The molecule has 0 bridgehead atoms. The van der Waals surface area contributed by atoms with Crippen LogP contribution >= 0.6 is 11.6 Å². The number of benzene rings is 2. The zero-order chi connectivity index (χ0) is 21.1. The summed E-state index contributed by atoms with van der Waals surface area (Å²) in [5.41, 5.74) is 1.36. The smallest absolute Gasteiger partial charge is 0.282 e. The summed E-state index contributed by atoms with van der Waals surface area (Å²) in [5, 5.41) is 3.33. The molecule has 2 aliphatic rings. The van der Waals surface area contributed by atoms with Crippen molar-refractivity contribution in [2.75, 3.05) is 38.2 Å². The minimum absolute atomic E-state index is 0.236. The number of hydrogen-bond acceptors (Lipinski definition) is 5. The van der Waals surface area contributed by atoms with Crippen molar-refractivity contribution in [3.8, 4) is 11.5 Å². The molecule has 160 valence electrons. The van der Waals surface area contributed by atoms with E-state index in [2.05, 4.69) is 5.32 Å². The van der Waals surface area contributed by atoms with Gasteiger partial charge in [0.1, 0.15) is 13.2 Å². The molecular formula is C20H22ClN3O5S. The minimum atomic E-state index is -3.75. The number of rotatable bonds is 5. The second-order valence-corrected chi connectivity index (χ2v) is 9.43. The zero-order valence-electron chi connectivity index (χ0n) is 16.2. The average Bonchev–Trinajstić information content (AvgIpc) is 2.72. The number of hydrogen-bond donors (Lipinski definition) is 1. The quantitative estimate of drug-likeness (QED) is 0.754. The van der Waals surface area contributed by atoms with Crippen molar-refractivity contribution >= 4 is 33.4 Å². The molecule has 0 spiro atoms. The first-order chi connectivity index (χ1) is 14.4. The van der Waals surface area contributed by atoms with Crippen LogP contribution in [0.1, 0.15) is 12.0 Å². The van der Waals surface area contributed by atoms with E-state index in [1.54, 1.807) is 42.5 Å². The summed E-state index contributed by atoms with van der Waals surface area (Å²) < 4.78 is 39.5. The number of nitrogens with one attached hydrogen (secondary N) is 1. The third-order valence-corrected chi connectivity index (χ3v) is 7.07. The normalized spacial score (nSPS) is 18.7. The molecule has 1 fully saturated rings. The molecule has 2 aliphatic heterocycles. The maximum atomic E-state index is 13.0. The fourth-order valence-corrected chi connectivity index (χ4v) is 5.18. The van der Waals surface area contributed by atoms with Gasteiger partial charge in [0.25, 0.3) is 10.2 Å². The summed E-state index contributed by atoms with van der Waals surface area (Å²) in [7, 11) is -3.75. The van der Waals surface area contributed by atoms with Crippen LogP contribution in [0.15, 0.2) is 42.5 Å². The molecule has 0 atom stereocenters. The first-order valence-electron chi connectivity index (χ1n) is 9.61. The number of nitrogens with zero attached hydrogens (tertiary/aromatic N) is 2. The fourth-order valence-electron chi connectivity index (χ4n) is 3.41. The molecule has 4 rings (SSSR count). The lowest BCUT2D eigenvalue weighted by Crippen LogP contribution is -2.51. The Morgan fingerprint density at radius 2 is 1.70 bits per heavy atom. The highest BCUT2D eigenvalue weighted by atomic mass is 35.5. The Morgan fingerprint density at radius 3 is 2.47 bits per heavy atom. The second kappa shape index (κ2) is 8.81. The zero-order valence-corrected chi connectivity index (χ0v) is 17.8. The third-order valence-electron chi connectivity index (χ3n) is 4.89. The second-order valence-electron chi connectivity index (χ2n) is 7.06. The van der Waals surface area contributed by atoms with Gasteiger partial charge in [0.05, 0.1) is 6.54 Å². The predicted octanol–water partition coefficient (Wildman–Crippen LogP) is 2.50. The summed E-state index contributed by atoms with van der Waals surface area (Å²) >= 11 is 5.90. The third kappa shape index (κ3) is 4.70. The highest BCUT2D eigenvalue weighted by molar-refractivity contribution is 7.86. The number of carbonyl (C=O) groups is 1. The molecule has 0 aromatic heterocycles. The number of halogens is 1. The van der Waals surface area contributed by atoms with Crippen LogP contribution in [-0.4, -0.2) is 55.8 Å². The monoisotopic (exact) mass is 451 g/mol. The van der Waals surface area contributed by atoms with Gasteiger partial charge in [-0.2, -0.15) is 17.0 Å². The lowest BCUT2D eigenvalue weighted by molar-refractivity contribution is -0.116. The van der Waals surface area contributed by atoms with Crippen LogP contribution in [0, 0.1) is 0 Å². The standard InChI is InChI=1S/C20H22ClN3O5S/c21-16-4-2-15(3-5-16)13-23-8-1-9-24(30(23,26)27)14-20(25)22-17-6-7-18-19(12-17)29-11-10-28-18/h2-7,12H,1,8-11,13-14H2,(H,22,25). The topological polar surface area (TPSA) is 88.2 Å². The molecule has 8 nitrogen and oxygen atoms in total. The fraction of sp³-hybridized carbons (Fsp3) is 0.350. The summed E-state index contributed by atoms with van der Waals surface area (Å²) in [6, 6.07) is 12.1. The molecule has 1 amide bonds. The van der Waals surface area contributed by atoms with Crippen molar-refractivity contribution in [1.29, 1.82) is 0 Å². The van der Waals surface area contributed by atoms with Gasteiger partial charge in [-0.3, -0.25) is 4.79 Å². The van der Waals surface area contributed by atoms with Crippen LogP contribution in [0.4, 0.5) is 5.69 Å². The van der Waals surface area contributed by atoms with Crippen molar-refractivity contribution in [2.45, 2.75) is 13.0 Å². The molecule has 1 N–H and O–H groups in total. The minimum Gasteiger partial charge on any atom is -0.486 e. The van der Waals surface area contributed by atoms with Crippen LogP contribution in [0.25, 0.3) is 0 Å². The van der Waals surface area contributed by atoms with E-state index in [9.17, 15) is 13.2 Å². The van der Waals surface area contributed by atoms with Crippen LogP contribution in [-0.2, 0) is 21.5 Å². The van der Waals surface area contributed by atoms with E-state index in [1.807, 2.05) is 0 Å². The van der Waals surface area contributed by atoms with E-state index in [4.69, 9.17) is 21.1 Å². The van der Waals surface area contributed by atoms with Crippen molar-refractivity contribution in [2.24, 2.45) is 0 Å². The van der Waals surface area contributed by atoms with Crippen molar-refractivity contribution in [3.63, 3.8) is 0 Å². The van der Waals surface area contributed by atoms with E-state index in [0.717, 1.165) is 5.56 Å². The first-order valence-corrected chi connectivity index (χ1v) is 11.4. The summed E-state index contributed by atoms with van der Waals surface area (Å²) in [6.45, 7) is 1.62. The van der Waals surface area contributed by atoms with Crippen molar-refractivity contribution in [1.82, 2.24) is 8.61 Å². The summed E-state index contributed by atoms with van der Waals surface area (Å²) in [4.78, 5) is 12.5. The average molecular weight is 452 g/mol. The Morgan fingerprint density at radius 1 is 1.00 bits per heavy atom. The Kier molecular flexibility index (Phi) is 6.14. The maximum absolute atomic E-state index is 13.0. The molecule has 0 radical (unpaired) electrons. The number of anilines is 1. The summed E-state index contributed by atoms with van der Waals surface area (Å²) in [5.74, 6) is 0.762. The molecule has 2 heterocycles. The van der Waals surface area contributed by atoms with Gasteiger partial charge in [0.15, 0.2) is 11.5 Å². The molecule has 2 aromatic rings. The highest BCUT2D eigenvalue weighted by Gasteiger charge is 2.34. The number of fused-ring (bicyclic) bond motifs is 1. The van der Waals surface area contributed by atoms with Crippen LogP contribution in [0.2, 0.25) is 5.02 Å². The van der Waals surface area contributed by atoms with Gasteiger partial charge in [-0.25, -0.2) is 0 Å². The molecule has 2 aromatic carbocycles. The maximum Gasteiger partial charge on any atom is 0.282 e. The molecule has 10 heteroatoms.